The molecule has 1 saturated heterocycles. The molecule has 1 saturated carbocycles. The van der Waals surface area contributed by atoms with E-state index in [1.165, 1.54) is 12.8 Å². The van der Waals surface area contributed by atoms with E-state index in [2.05, 4.69) is 5.32 Å². The van der Waals surface area contributed by atoms with E-state index in [1.807, 2.05) is 59.5 Å². The first-order valence-electron chi connectivity index (χ1n) is 13.8. The fourth-order valence-corrected chi connectivity index (χ4v) is 5.52. The molecule has 0 radical (unpaired) electrons. The van der Waals surface area contributed by atoms with Crippen molar-refractivity contribution in [2.75, 3.05) is 33.4 Å². The number of unbranched alkanes of at least 4 members (excludes halogenated alkanes) is 1. The third-order valence-electron chi connectivity index (χ3n) is 7.79. The SMILES string of the molecule is COCCCC[C@@](O)(c1ccccc1Oc1ccccc1)[C@@H]1CCCN(C(=O)N[C@H](CN)CC2CC2)C1. The molecule has 1 aliphatic heterocycles. The van der Waals surface area contributed by atoms with Crippen molar-refractivity contribution in [1.29, 1.82) is 0 Å². The van der Waals surface area contributed by atoms with Gasteiger partial charge in [0.05, 0.1) is 5.60 Å². The highest BCUT2D eigenvalue weighted by atomic mass is 16.5. The van der Waals surface area contributed by atoms with Crippen LogP contribution in [0.2, 0.25) is 0 Å². The number of carbonyl (C=O) groups is 1. The molecule has 2 fully saturated rings. The summed E-state index contributed by atoms with van der Waals surface area (Å²) in [6, 6.07) is 17.3. The van der Waals surface area contributed by atoms with Crippen LogP contribution in [0.3, 0.4) is 0 Å². The molecule has 2 aliphatic rings. The predicted molar refractivity (Wildman–Crippen MR) is 146 cm³/mol. The summed E-state index contributed by atoms with van der Waals surface area (Å²) in [6.07, 6.45) is 7.34. The van der Waals surface area contributed by atoms with Gasteiger partial charge in [0.2, 0.25) is 0 Å². The Kier molecular flexibility index (Phi) is 9.83. The molecule has 0 unspecified atom stereocenters. The Morgan fingerprint density at radius 3 is 2.62 bits per heavy atom. The normalized spacial score (nSPS) is 20.2. The van der Waals surface area contributed by atoms with Crippen LogP contribution < -0.4 is 15.8 Å². The van der Waals surface area contributed by atoms with Crippen LogP contribution >= 0.6 is 0 Å². The molecule has 3 atom stereocenters. The summed E-state index contributed by atoms with van der Waals surface area (Å²) in [7, 11) is 1.70. The number of para-hydroxylation sites is 2. The van der Waals surface area contributed by atoms with Gasteiger partial charge in [-0.25, -0.2) is 4.79 Å². The van der Waals surface area contributed by atoms with Crippen LogP contribution in [0.15, 0.2) is 54.6 Å². The third-order valence-corrected chi connectivity index (χ3v) is 7.79. The number of nitrogens with zero attached hydrogens (tertiary/aromatic N) is 1. The number of urea groups is 1. The number of nitrogens with one attached hydrogen (secondary N) is 1. The van der Waals surface area contributed by atoms with Crippen LogP contribution in [-0.2, 0) is 10.3 Å². The van der Waals surface area contributed by atoms with Crippen LogP contribution in [-0.4, -0.2) is 55.4 Å². The molecule has 0 spiro atoms. The van der Waals surface area contributed by atoms with Gasteiger partial charge < -0.3 is 30.5 Å². The minimum absolute atomic E-state index is 0.00769. The Bertz CT molecular complexity index is 984. The topological polar surface area (TPSA) is 97.0 Å². The van der Waals surface area contributed by atoms with E-state index in [4.69, 9.17) is 15.2 Å². The van der Waals surface area contributed by atoms with E-state index in [0.29, 0.717) is 44.3 Å². The Labute approximate surface area is 221 Å². The number of rotatable bonds is 13. The van der Waals surface area contributed by atoms with E-state index in [1.54, 1.807) is 7.11 Å². The summed E-state index contributed by atoms with van der Waals surface area (Å²) in [5.41, 5.74) is 5.60. The van der Waals surface area contributed by atoms with Gasteiger partial charge in [0.1, 0.15) is 11.5 Å². The lowest BCUT2D eigenvalue weighted by Crippen LogP contribution is -2.53. The smallest absolute Gasteiger partial charge is 0.317 e. The molecule has 37 heavy (non-hydrogen) atoms. The first kappa shape index (κ1) is 27.4. The number of piperidine rings is 1. The number of carbonyl (C=O) groups excluding carboxylic acids is 1. The Morgan fingerprint density at radius 1 is 1.14 bits per heavy atom. The monoisotopic (exact) mass is 509 g/mol. The summed E-state index contributed by atoms with van der Waals surface area (Å²) in [5.74, 6) is 1.96. The zero-order valence-electron chi connectivity index (χ0n) is 22.1. The number of ether oxygens (including phenoxy) is 2. The van der Waals surface area contributed by atoms with Crippen molar-refractivity contribution < 1.29 is 19.4 Å². The molecular formula is C30H43N3O4. The standard InChI is InChI=1S/C30H43N3O4/c1-36-19-8-7-17-30(35,27-13-5-6-14-28(27)37-26-11-3-2-4-12-26)24-10-9-18-33(22-24)29(34)32-25(21-31)20-23-15-16-23/h2-6,11-14,23-25,35H,7-10,15-22,31H2,1H3,(H,32,34)/t24-,25+,30+/m1/s1. The van der Waals surface area contributed by atoms with Crippen LogP contribution in [0.25, 0.3) is 0 Å². The van der Waals surface area contributed by atoms with Gasteiger partial charge in [0.15, 0.2) is 0 Å². The second-order valence-corrected chi connectivity index (χ2v) is 10.6. The highest BCUT2D eigenvalue weighted by Crippen LogP contribution is 2.44. The van der Waals surface area contributed by atoms with Gasteiger partial charge in [-0.3, -0.25) is 0 Å². The minimum atomic E-state index is -1.14. The Hall–Kier alpha value is -2.61. The summed E-state index contributed by atoms with van der Waals surface area (Å²) >= 11 is 0. The molecule has 2 aromatic rings. The Balaban J connectivity index is 1.54. The second-order valence-electron chi connectivity index (χ2n) is 10.6. The van der Waals surface area contributed by atoms with E-state index >= 15 is 0 Å². The third kappa shape index (κ3) is 7.46. The summed E-state index contributed by atoms with van der Waals surface area (Å²) in [6.45, 7) is 2.28. The van der Waals surface area contributed by atoms with Crippen molar-refractivity contribution in [2.24, 2.45) is 17.6 Å². The molecule has 7 nitrogen and oxygen atoms in total. The quantitative estimate of drug-likeness (QED) is 0.329. The number of nitrogens with two attached hydrogens (primary N) is 1. The lowest BCUT2D eigenvalue weighted by Gasteiger charge is -2.43. The van der Waals surface area contributed by atoms with Gasteiger partial charge in [-0.15, -0.1) is 0 Å². The van der Waals surface area contributed by atoms with Gasteiger partial charge in [-0.2, -0.15) is 0 Å². The average molecular weight is 510 g/mol. The lowest BCUT2D eigenvalue weighted by molar-refractivity contribution is -0.0575. The largest absolute Gasteiger partial charge is 0.457 e. The van der Waals surface area contributed by atoms with Crippen LogP contribution in [0.5, 0.6) is 11.5 Å². The van der Waals surface area contributed by atoms with Crippen molar-refractivity contribution in [3.8, 4) is 11.5 Å². The van der Waals surface area contributed by atoms with Gasteiger partial charge in [-0.1, -0.05) is 49.2 Å². The maximum atomic E-state index is 13.2. The molecule has 7 heteroatoms. The van der Waals surface area contributed by atoms with Gasteiger partial charge in [0.25, 0.3) is 0 Å². The first-order chi connectivity index (χ1) is 18.0. The van der Waals surface area contributed by atoms with Crippen molar-refractivity contribution in [1.82, 2.24) is 10.2 Å². The van der Waals surface area contributed by atoms with Crippen LogP contribution in [0.1, 0.15) is 56.9 Å². The fraction of sp³-hybridized carbons (Fsp3) is 0.567. The lowest BCUT2D eigenvalue weighted by atomic mass is 9.73. The molecule has 1 heterocycles. The fourth-order valence-electron chi connectivity index (χ4n) is 5.52. The molecule has 4 rings (SSSR count). The Morgan fingerprint density at radius 2 is 1.89 bits per heavy atom. The number of amides is 2. The molecular weight excluding hydrogens is 466 g/mol. The number of methoxy groups -OCH3 is 1. The number of hydrogen-bond donors (Lipinski definition) is 3. The molecule has 4 N–H and O–H groups in total. The summed E-state index contributed by atoms with van der Waals surface area (Å²) < 4.78 is 11.5. The average Bonchev–Trinajstić information content (AvgIpc) is 3.75. The zero-order valence-corrected chi connectivity index (χ0v) is 22.1. The van der Waals surface area contributed by atoms with Crippen molar-refractivity contribution in [3.63, 3.8) is 0 Å². The second kappa shape index (κ2) is 13.3. The van der Waals surface area contributed by atoms with Gasteiger partial charge in [-0.05, 0) is 62.6 Å². The minimum Gasteiger partial charge on any atom is -0.457 e. The van der Waals surface area contributed by atoms with Crippen molar-refractivity contribution in [2.45, 2.75) is 63.0 Å². The number of likely N-dealkylation sites (tertiary alicyclic amines) is 1. The predicted octanol–water partition coefficient (Wildman–Crippen LogP) is 5.03. The molecule has 0 aromatic heterocycles. The maximum Gasteiger partial charge on any atom is 0.317 e. The van der Waals surface area contributed by atoms with Crippen LogP contribution in [0, 0.1) is 11.8 Å². The first-order valence-corrected chi connectivity index (χ1v) is 13.8. The maximum absolute atomic E-state index is 13.2. The highest BCUT2D eigenvalue weighted by molar-refractivity contribution is 5.74. The zero-order chi connectivity index (χ0) is 26.1. The number of aliphatic hydroxyl groups is 1. The molecule has 2 amide bonds. The highest BCUT2D eigenvalue weighted by Gasteiger charge is 2.43. The molecule has 2 aromatic carbocycles. The van der Waals surface area contributed by atoms with E-state index in [0.717, 1.165) is 43.4 Å². The number of benzene rings is 2. The summed E-state index contributed by atoms with van der Waals surface area (Å²) in [5, 5.41) is 15.6. The number of hydrogen-bond acceptors (Lipinski definition) is 5. The van der Waals surface area contributed by atoms with Gasteiger partial charge in [0, 0.05) is 50.9 Å². The molecule has 0 bridgehead atoms. The van der Waals surface area contributed by atoms with Crippen LogP contribution in [0.4, 0.5) is 4.79 Å². The van der Waals surface area contributed by atoms with E-state index in [-0.39, 0.29) is 18.0 Å². The van der Waals surface area contributed by atoms with Crippen molar-refractivity contribution >= 4 is 6.03 Å². The summed E-state index contributed by atoms with van der Waals surface area (Å²) in [4.78, 5) is 15.1. The van der Waals surface area contributed by atoms with Crippen molar-refractivity contribution in [3.05, 3.63) is 60.2 Å². The van der Waals surface area contributed by atoms with E-state index < -0.39 is 5.60 Å². The van der Waals surface area contributed by atoms with E-state index in [9.17, 15) is 9.90 Å². The molecule has 202 valence electrons. The molecule has 1 aliphatic carbocycles. The van der Waals surface area contributed by atoms with Gasteiger partial charge >= 0.3 is 6.03 Å².